The maximum Gasteiger partial charge on any atom is 0.244 e. The number of likely N-dealkylation sites (N-methyl/N-ethyl adjacent to an activating group) is 1. The van der Waals surface area contributed by atoms with E-state index in [0.29, 0.717) is 5.92 Å². The molecule has 0 saturated carbocycles. The fourth-order valence-electron chi connectivity index (χ4n) is 2.75. The lowest BCUT2D eigenvalue weighted by Gasteiger charge is -2.34. The lowest BCUT2D eigenvalue weighted by Crippen LogP contribution is -2.50. The van der Waals surface area contributed by atoms with Crippen LogP contribution in [0.15, 0.2) is 24.3 Å². The average Bonchev–Trinajstić information content (AvgIpc) is 2.47. The Morgan fingerprint density at radius 2 is 2.16 bits per heavy atom. The van der Waals surface area contributed by atoms with E-state index < -0.39 is 0 Å². The number of anilines is 1. The van der Waals surface area contributed by atoms with Crippen LogP contribution in [-0.2, 0) is 4.79 Å². The van der Waals surface area contributed by atoms with Crippen LogP contribution >= 0.6 is 0 Å². The average molecular weight is 260 g/mol. The molecule has 2 atom stereocenters. The van der Waals surface area contributed by atoms with Crippen molar-refractivity contribution in [1.82, 2.24) is 5.32 Å². The van der Waals surface area contributed by atoms with E-state index in [-0.39, 0.29) is 11.9 Å². The molecule has 3 nitrogen and oxygen atoms in total. The fraction of sp³-hybridized carbons (Fsp3) is 0.562. The van der Waals surface area contributed by atoms with Crippen LogP contribution in [0.5, 0.6) is 0 Å². The number of carbonyl (C=O) groups excluding carboxylic acids is 1. The van der Waals surface area contributed by atoms with E-state index in [1.54, 1.807) is 0 Å². The van der Waals surface area contributed by atoms with Gasteiger partial charge in [0, 0.05) is 12.2 Å². The zero-order chi connectivity index (χ0) is 13.8. The van der Waals surface area contributed by atoms with Gasteiger partial charge in [0.25, 0.3) is 0 Å². The maximum atomic E-state index is 12.5. The molecule has 1 aliphatic heterocycles. The van der Waals surface area contributed by atoms with Gasteiger partial charge in [-0.05, 0) is 43.9 Å². The van der Waals surface area contributed by atoms with Crippen molar-refractivity contribution in [3.8, 4) is 0 Å². The highest BCUT2D eigenvalue weighted by Gasteiger charge is 2.29. The predicted octanol–water partition coefficient (Wildman–Crippen LogP) is 2.91. The Bertz CT molecular complexity index is 444. The quantitative estimate of drug-likeness (QED) is 0.902. The van der Waals surface area contributed by atoms with Crippen LogP contribution in [0.4, 0.5) is 5.69 Å². The smallest absolute Gasteiger partial charge is 0.244 e. The third kappa shape index (κ3) is 2.81. The normalized spacial score (nSPS) is 21.5. The number of rotatable bonds is 4. The summed E-state index contributed by atoms with van der Waals surface area (Å²) in [6.07, 6.45) is 3.10. The van der Waals surface area contributed by atoms with Gasteiger partial charge in [-0.3, -0.25) is 4.79 Å². The third-order valence-corrected chi connectivity index (χ3v) is 4.16. The minimum Gasteiger partial charge on any atom is -0.311 e. The largest absolute Gasteiger partial charge is 0.311 e. The van der Waals surface area contributed by atoms with Gasteiger partial charge in [-0.15, -0.1) is 0 Å². The van der Waals surface area contributed by atoms with Gasteiger partial charge in [-0.25, -0.2) is 0 Å². The highest BCUT2D eigenvalue weighted by Crippen LogP contribution is 2.31. The van der Waals surface area contributed by atoms with E-state index in [2.05, 4.69) is 37.4 Å². The van der Waals surface area contributed by atoms with E-state index >= 15 is 0 Å². The van der Waals surface area contributed by atoms with Crippen molar-refractivity contribution in [2.45, 2.75) is 45.1 Å². The molecule has 104 valence electrons. The Morgan fingerprint density at radius 3 is 2.84 bits per heavy atom. The second-order valence-electron chi connectivity index (χ2n) is 5.34. The lowest BCUT2D eigenvalue weighted by molar-refractivity contribution is -0.121. The first-order valence-corrected chi connectivity index (χ1v) is 7.26. The van der Waals surface area contributed by atoms with Crippen LogP contribution in [0, 0.1) is 0 Å². The second-order valence-corrected chi connectivity index (χ2v) is 5.34. The van der Waals surface area contributed by atoms with Crippen LogP contribution in [0.3, 0.4) is 0 Å². The van der Waals surface area contributed by atoms with E-state index in [4.69, 9.17) is 0 Å². The number of hydrogen-bond donors (Lipinski definition) is 1. The van der Waals surface area contributed by atoms with Crippen molar-refractivity contribution >= 4 is 11.6 Å². The molecule has 1 fully saturated rings. The van der Waals surface area contributed by atoms with Crippen LogP contribution < -0.4 is 10.2 Å². The Morgan fingerprint density at radius 1 is 1.42 bits per heavy atom. The molecule has 2 unspecified atom stereocenters. The molecule has 1 saturated heterocycles. The van der Waals surface area contributed by atoms with Gasteiger partial charge >= 0.3 is 0 Å². The molecule has 0 aliphatic carbocycles. The summed E-state index contributed by atoms with van der Waals surface area (Å²) in [6, 6.07) is 8.29. The van der Waals surface area contributed by atoms with E-state index in [9.17, 15) is 4.79 Å². The molecule has 1 aliphatic rings. The monoisotopic (exact) mass is 260 g/mol. The van der Waals surface area contributed by atoms with Crippen LogP contribution in [0.1, 0.15) is 44.6 Å². The maximum absolute atomic E-state index is 12.5. The molecule has 1 aromatic carbocycles. The molecule has 0 aromatic heterocycles. The minimum absolute atomic E-state index is 0.0289. The van der Waals surface area contributed by atoms with Crippen LogP contribution in [-0.4, -0.2) is 25.5 Å². The van der Waals surface area contributed by atoms with Crippen molar-refractivity contribution in [2.75, 3.05) is 18.5 Å². The van der Waals surface area contributed by atoms with Crippen molar-refractivity contribution in [3.63, 3.8) is 0 Å². The summed E-state index contributed by atoms with van der Waals surface area (Å²) in [5.41, 5.74) is 2.39. The number of nitrogens with one attached hydrogen (secondary N) is 1. The third-order valence-electron chi connectivity index (χ3n) is 4.16. The zero-order valence-corrected chi connectivity index (χ0v) is 12.1. The number of nitrogens with zero attached hydrogens (tertiary/aromatic N) is 1. The van der Waals surface area contributed by atoms with Crippen molar-refractivity contribution < 1.29 is 4.79 Å². The Hall–Kier alpha value is -1.35. The summed E-state index contributed by atoms with van der Waals surface area (Å²) in [6.45, 7) is 5.25. The van der Waals surface area contributed by atoms with Crippen molar-refractivity contribution in [2.24, 2.45) is 0 Å². The first-order valence-electron chi connectivity index (χ1n) is 7.26. The number of hydrogen-bond acceptors (Lipinski definition) is 2. The lowest BCUT2D eigenvalue weighted by atomic mass is 9.94. The Kier molecular flexibility index (Phi) is 4.59. The number of amides is 1. The molecule has 1 heterocycles. The van der Waals surface area contributed by atoms with Gasteiger partial charge in [-0.2, -0.15) is 0 Å². The van der Waals surface area contributed by atoms with Crippen LogP contribution in [0.25, 0.3) is 0 Å². The second kappa shape index (κ2) is 6.20. The van der Waals surface area contributed by atoms with Gasteiger partial charge < -0.3 is 10.2 Å². The molecule has 0 spiro atoms. The standard InChI is InChI=1S/C16H24N2O/c1-4-12(2)13-8-5-6-10-15(13)18-11-7-9-14(17-3)16(18)19/h5-6,8,10,12,14,17H,4,7,9,11H2,1-3H3. The minimum atomic E-state index is -0.0289. The van der Waals surface area contributed by atoms with Crippen molar-refractivity contribution in [1.29, 1.82) is 0 Å². The van der Waals surface area contributed by atoms with Crippen molar-refractivity contribution in [3.05, 3.63) is 29.8 Å². The first kappa shape index (κ1) is 14.1. The van der Waals surface area contributed by atoms with E-state index in [0.717, 1.165) is 31.5 Å². The molecule has 0 radical (unpaired) electrons. The van der Waals surface area contributed by atoms with E-state index in [1.165, 1.54) is 5.56 Å². The molecular formula is C16H24N2O. The summed E-state index contributed by atoms with van der Waals surface area (Å²) in [5, 5.41) is 3.12. The molecular weight excluding hydrogens is 236 g/mol. The molecule has 19 heavy (non-hydrogen) atoms. The Labute approximate surface area is 116 Å². The number of piperidine rings is 1. The summed E-state index contributed by atoms with van der Waals surface area (Å²) < 4.78 is 0. The summed E-state index contributed by atoms with van der Waals surface area (Å²) in [5.74, 6) is 0.698. The highest BCUT2D eigenvalue weighted by molar-refractivity contribution is 5.98. The van der Waals surface area contributed by atoms with E-state index in [1.807, 2.05) is 18.0 Å². The molecule has 2 rings (SSSR count). The molecule has 0 bridgehead atoms. The molecule has 1 aromatic rings. The Balaban J connectivity index is 2.33. The van der Waals surface area contributed by atoms with Gasteiger partial charge in [0.05, 0.1) is 6.04 Å². The number of carbonyl (C=O) groups is 1. The molecule has 1 amide bonds. The number of benzene rings is 1. The topological polar surface area (TPSA) is 32.3 Å². The van der Waals surface area contributed by atoms with Gasteiger partial charge in [0.1, 0.15) is 0 Å². The number of para-hydroxylation sites is 1. The summed E-state index contributed by atoms with van der Waals surface area (Å²) in [7, 11) is 1.87. The molecule has 1 N–H and O–H groups in total. The van der Waals surface area contributed by atoms with Gasteiger partial charge in [0.15, 0.2) is 0 Å². The summed E-state index contributed by atoms with van der Waals surface area (Å²) >= 11 is 0. The predicted molar refractivity (Wildman–Crippen MR) is 79.6 cm³/mol. The zero-order valence-electron chi connectivity index (χ0n) is 12.1. The van der Waals surface area contributed by atoms with Gasteiger partial charge in [0.2, 0.25) is 5.91 Å². The van der Waals surface area contributed by atoms with Crippen LogP contribution in [0.2, 0.25) is 0 Å². The molecule has 3 heteroatoms. The van der Waals surface area contributed by atoms with Gasteiger partial charge in [-0.1, -0.05) is 32.0 Å². The SMILES string of the molecule is CCC(C)c1ccccc1N1CCCC(NC)C1=O. The fourth-order valence-corrected chi connectivity index (χ4v) is 2.75. The first-order chi connectivity index (χ1) is 9.19. The summed E-state index contributed by atoms with van der Waals surface area (Å²) in [4.78, 5) is 14.4. The highest BCUT2D eigenvalue weighted by atomic mass is 16.2.